The van der Waals surface area contributed by atoms with Crippen LogP contribution in [0.25, 0.3) is 0 Å². The van der Waals surface area contributed by atoms with Crippen molar-refractivity contribution in [2.45, 2.75) is 32.7 Å². The Bertz CT molecular complexity index is 264. The average molecular weight is 194 g/mol. The van der Waals surface area contributed by atoms with Crippen molar-refractivity contribution in [3.8, 4) is 11.8 Å². The summed E-state index contributed by atoms with van der Waals surface area (Å²) in [5.41, 5.74) is 5.95. The second-order valence-corrected chi connectivity index (χ2v) is 3.75. The summed E-state index contributed by atoms with van der Waals surface area (Å²) in [6.45, 7) is 5.32. The van der Waals surface area contributed by atoms with Crippen LogP contribution in [-0.4, -0.2) is 29.9 Å². The first kappa shape index (κ1) is 11.1. The minimum atomic E-state index is -0.0575. The Morgan fingerprint density at radius 3 is 2.93 bits per heavy atom. The van der Waals surface area contributed by atoms with Crippen LogP contribution in [0.15, 0.2) is 0 Å². The highest BCUT2D eigenvalue weighted by atomic mass is 16.2. The summed E-state index contributed by atoms with van der Waals surface area (Å²) in [4.78, 5) is 13.3. The smallest absolute Gasteiger partial charge is 0.298 e. The highest BCUT2D eigenvalue weighted by Crippen LogP contribution is 2.18. The van der Waals surface area contributed by atoms with Crippen molar-refractivity contribution >= 4 is 5.91 Å². The van der Waals surface area contributed by atoms with Gasteiger partial charge >= 0.3 is 0 Å². The quantitative estimate of drug-likeness (QED) is 0.621. The number of nitrogens with zero attached hydrogens (tertiary/aromatic N) is 1. The summed E-state index contributed by atoms with van der Waals surface area (Å²) in [7, 11) is 0. The second-order valence-electron chi connectivity index (χ2n) is 3.75. The summed E-state index contributed by atoms with van der Waals surface area (Å²) < 4.78 is 0. The Kier molecular flexibility index (Phi) is 3.97. The molecular weight excluding hydrogens is 176 g/mol. The summed E-state index contributed by atoms with van der Waals surface area (Å²) in [5.74, 6) is 5.59. The van der Waals surface area contributed by atoms with E-state index < -0.39 is 0 Å². The molecule has 2 N–H and O–H groups in total. The van der Waals surface area contributed by atoms with Gasteiger partial charge in [-0.15, -0.1) is 0 Å². The third-order valence-electron chi connectivity index (χ3n) is 2.84. The topological polar surface area (TPSA) is 46.3 Å². The zero-order valence-electron chi connectivity index (χ0n) is 8.92. The van der Waals surface area contributed by atoms with Gasteiger partial charge in [-0.05, 0) is 25.2 Å². The summed E-state index contributed by atoms with van der Waals surface area (Å²) in [6, 6.07) is 0.249. The molecule has 0 radical (unpaired) electrons. The first-order valence-corrected chi connectivity index (χ1v) is 5.16. The number of hydrogen-bond acceptors (Lipinski definition) is 2. The van der Waals surface area contributed by atoms with Crippen molar-refractivity contribution in [1.29, 1.82) is 0 Å². The lowest BCUT2D eigenvalue weighted by Gasteiger charge is -2.35. The number of carbonyl (C=O) groups is 1. The van der Waals surface area contributed by atoms with Gasteiger partial charge in [-0.25, -0.2) is 0 Å². The van der Waals surface area contributed by atoms with Gasteiger partial charge in [0.05, 0.1) is 0 Å². The number of amides is 1. The fourth-order valence-electron chi connectivity index (χ4n) is 1.85. The largest absolute Gasteiger partial charge is 0.332 e. The molecule has 1 amide bonds. The van der Waals surface area contributed by atoms with Crippen molar-refractivity contribution < 1.29 is 4.79 Å². The number of rotatable bonds is 1. The van der Waals surface area contributed by atoms with Crippen LogP contribution in [0.2, 0.25) is 0 Å². The molecule has 0 aromatic carbocycles. The summed E-state index contributed by atoms with van der Waals surface area (Å²) in [5, 5.41) is 0. The van der Waals surface area contributed by atoms with E-state index in [9.17, 15) is 4.79 Å². The van der Waals surface area contributed by atoms with Gasteiger partial charge < -0.3 is 10.6 Å². The molecule has 0 bridgehead atoms. The number of nitrogens with two attached hydrogens (primary N) is 1. The van der Waals surface area contributed by atoms with E-state index in [2.05, 4.69) is 18.8 Å². The monoisotopic (exact) mass is 194 g/mol. The fourth-order valence-corrected chi connectivity index (χ4v) is 1.85. The summed E-state index contributed by atoms with van der Waals surface area (Å²) >= 11 is 0. The SMILES string of the molecule is CC#CC(=O)N1CCC(N)C(CC)C1. The molecule has 78 valence electrons. The Hall–Kier alpha value is -1.01. The molecule has 14 heavy (non-hydrogen) atoms. The molecule has 1 saturated heterocycles. The number of piperidine rings is 1. The van der Waals surface area contributed by atoms with Crippen LogP contribution in [0.4, 0.5) is 0 Å². The third kappa shape index (κ3) is 2.49. The molecule has 1 rings (SSSR count). The molecule has 0 saturated carbocycles. The second kappa shape index (κ2) is 5.02. The van der Waals surface area contributed by atoms with Gasteiger partial charge in [-0.3, -0.25) is 4.79 Å². The van der Waals surface area contributed by atoms with Crippen molar-refractivity contribution in [3.05, 3.63) is 0 Å². The molecule has 1 heterocycles. The lowest BCUT2D eigenvalue weighted by molar-refractivity contribution is -0.127. The van der Waals surface area contributed by atoms with E-state index in [0.717, 1.165) is 25.9 Å². The zero-order valence-corrected chi connectivity index (χ0v) is 8.92. The van der Waals surface area contributed by atoms with Crippen LogP contribution in [-0.2, 0) is 4.79 Å². The van der Waals surface area contributed by atoms with E-state index in [0.29, 0.717) is 5.92 Å². The highest BCUT2D eigenvalue weighted by molar-refractivity contribution is 5.93. The first-order chi connectivity index (χ1) is 6.69. The van der Waals surface area contributed by atoms with Crippen LogP contribution in [0, 0.1) is 17.8 Å². The normalized spacial score (nSPS) is 26.6. The van der Waals surface area contributed by atoms with Crippen LogP contribution >= 0.6 is 0 Å². The number of hydrogen-bond donors (Lipinski definition) is 1. The molecular formula is C11H18N2O. The maximum atomic E-state index is 11.5. The predicted octanol–water partition coefficient (Wildman–Crippen LogP) is 0.595. The van der Waals surface area contributed by atoms with E-state index >= 15 is 0 Å². The minimum absolute atomic E-state index is 0.0575. The van der Waals surface area contributed by atoms with Gasteiger partial charge in [-0.2, -0.15) is 0 Å². The van der Waals surface area contributed by atoms with Crippen molar-refractivity contribution in [2.75, 3.05) is 13.1 Å². The Morgan fingerprint density at radius 1 is 1.64 bits per heavy atom. The molecule has 0 aromatic heterocycles. The maximum Gasteiger partial charge on any atom is 0.298 e. The van der Waals surface area contributed by atoms with Gasteiger partial charge in [0.2, 0.25) is 0 Å². The van der Waals surface area contributed by atoms with Crippen LogP contribution < -0.4 is 5.73 Å². The standard InChI is InChI=1S/C11H18N2O/c1-3-5-11(14)13-7-6-10(12)9(4-2)8-13/h9-10H,4,6-8,12H2,1-2H3. The molecule has 1 fully saturated rings. The van der Waals surface area contributed by atoms with E-state index in [-0.39, 0.29) is 11.9 Å². The lowest BCUT2D eigenvalue weighted by atomic mass is 9.91. The van der Waals surface area contributed by atoms with E-state index in [1.807, 2.05) is 4.90 Å². The van der Waals surface area contributed by atoms with Crippen LogP contribution in [0.1, 0.15) is 26.7 Å². The fraction of sp³-hybridized carbons (Fsp3) is 0.727. The third-order valence-corrected chi connectivity index (χ3v) is 2.84. The van der Waals surface area contributed by atoms with Gasteiger partial charge in [0, 0.05) is 19.1 Å². The van der Waals surface area contributed by atoms with E-state index in [1.54, 1.807) is 6.92 Å². The Balaban J connectivity index is 2.57. The zero-order chi connectivity index (χ0) is 10.6. The van der Waals surface area contributed by atoms with Crippen molar-refractivity contribution in [1.82, 2.24) is 4.90 Å². The molecule has 3 heteroatoms. The summed E-state index contributed by atoms with van der Waals surface area (Å²) in [6.07, 6.45) is 1.93. The van der Waals surface area contributed by atoms with E-state index in [1.165, 1.54) is 0 Å². The molecule has 1 aliphatic heterocycles. The number of likely N-dealkylation sites (tertiary alicyclic amines) is 1. The molecule has 2 atom stereocenters. The van der Waals surface area contributed by atoms with Gasteiger partial charge in [0.15, 0.2) is 0 Å². The van der Waals surface area contributed by atoms with Gasteiger partial charge in [0.1, 0.15) is 0 Å². The molecule has 3 nitrogen and oxygen atoms in total. The first-order valence-electron chi connectivity index (χ1n) is 5.16. The van der Waals surface area contributed by atoms with Crippen LogP contribution in [0.3, 0.4) is 0 Å². The molecule has 2 unspecified atom stereocenters. The molecule has 1 aliphatic rings. The number of carbonyl (C=O) groups excluding carboxylic acids is 1. The molecule has 0 aliphatic carbocycles. The minimum Gasteiger partial charge on any atom is -0.332 e. The van der Waals surface area contributed by atoms with Crippen molar-refractivity contribution in [3.63, 3.8) is 0 Å². The highest BCUT2D eigenvalue weighted by Gasteiger charge is 2.27. The van der Waals surface area contributed by atoms with Gasteiger partial charge in [-0.1, -0.05) is 19.3 Å². The predicted molar refractivity (Wildman–Crippen MR) is 56.4 cm³/mol. The Labute approximate surface area is 85.6 Å². The average Bonchev–Trinajstić information content (AvgIpc) is 2.19. The van der Waals surface area contributed by atoms with E-state index in [4.69, 9.17) is 5.73 Å². The molecule has 0 aromatic rings. The lowest BCUT2D eigenvalue weighted by Crippen LogP contribution is -2.48. The maximum absolute atomic E-state index is 11.5. The van der Waals surface area contributed by atoms with Crippen LogP contribution in [0.5, 0.6) is 0 Å². The molecule has 0 spiro atoms. The van der Waals surface area contributed by atoms with Crippen molar-refractivity contribution in [2.24, 2.45) is 11.7 Å². The van der Waals surface area contributed by atoms with Gasteiger partial charge in [0.25, 0.3) is 5.91 Å². The Morgan fingerprint density at radius 2 is 2.36 bits per heavy atom.